The van der Waals surface area contributed by atoms with Crippen LogP contribution in [0, 0.1) is 0 Å². The van der Waals surface area contributed by atoms with Gasteiger partial charge in [-0.05, 0) is 31.2 Å². The molecule has 0 radical (unpaired) electrons. The summed E-state index contributed by atoms with van der Waals surface area (Å²) in [5.74, 6) is 1.40. The van der Waals surface area contributed by atoms with Crippen LogP contribution < -0.4 is 4.74 Å². The Morgan fingerprint density at radius 1 is 1.24 bits per heavy atom. The van der Waals surface area contributed by atoms with Crippen LogP contribution in [0.25, 0.3) is 0 Å². The lowest BCUT2D eigenvalue weighted by molar-refractivity contribution is 0.457. The van der Waals surface area contributed by atoms with E-state index in [0.717, 1.165) is 18.6 Å². The zero-order chi connectivity index (χ0) is 11.7. The molecular weight excluding hydrogens is 214 g/mol. The molecule has 0 saturated carbocycles. The summed E-state index contributed by atoms with van der Waals surface area (Å²) in [7, 11) is 1.87. The molecule has 0 saturated heterocycles. The van der Waals surface area contributed by atoms with E-state index in [0.29, 0.717) is 5.88 Å². The molecule has 2 aromatic heterocycles. The molecule has 2 heterocycles. The van der Waals surface area contributed by atoms with Crippen LogP contribution in [-0.4, -0.2) is 14.8 Å². The molecule has 0 aromatic carbocycles. The molecule has 0 bridgehead atoms. The summed E-state index contributed by atoms with van der Waals surface area (Å²) in [5.41, 5.74) is 2.56. The molecular formula is C13H15N3O. The van der Waals surface area contributed by atoms with Gasteiger partial charge in [0.2, 0.25) is 5.88 Å². The van der Waals surface area contributed by atoms with Crippen LogP contribution in [0.1, 0.15) is 24.1 Å². The van der Waals surface area contributed by atoms with Gasteiger partial charge < -0.3 is 4.74 Å². The van der Waals surface area contributed by atoms with Crippen molar-refractivity contribution in [2.24, 2.45) is 7.05 Å². The Labute approximate surface area is 100 Å². The van der Waals surface area contributed by atoms with Crippen LogP contribution in [0.3, 0.4) is 0 Å². The van der Waals surface area contributed by atoms with Gasteiger partial charge >= 0.3 is 0 Å². The number of pyridine rings is 1. The second kappa shape index (κ2) is 4.20. The molecule has 0 fully saturated rings. The van der Waals surface area contributed by atoms with Gasteiger partial charge in [0.1, 0.15) is 0 Å². The van der Waals surface area contributed by atoms with E-state index in [4.69, 9.17) is 4.74 Å². The maximum absolute atomic E-state index is 5.67. The van der Waals surface area contributed by atoms with Crippen LogP contribution in [0.2, 0.25) is 0 Å². The largest absolute Gasteiger partial charge is 0.436 e. The number of aryl methyl sites for hydroxylation is 3. The number of hydrogen-bond acceptors (Lipinski definition) is 3. The van der Waals surface area contributed by atoms with Gasteiger partial charge in [-0.25, -0.2) is 4.98 Å². The molecule has 88 valence electrons. The Balaban J connectivity index is 1.84. The minimum atomic E-state index is 0.665. The van der Waals surface area contributed by atoms with Crippen LogP contribution >= 0.6 is 0 Å². The Morgan fingerprint density at radius 2 is 2.12 bits per heavy atom. The molecule has 0 N–H and O–H groups in total. The van der Waals surface area contributed by atoms with E-state index in [1.54, 1.807) is 10.9 Å². The van der Waals surface area contributed by atoms with Gasteiger partial charge in [0.25, 0.3) is 0 Å². The molecule has 0 spiro atoms. The van der Waals surface area contributed by atoms with E-state index in [2.05, 4.69) is 16.1 Å². The maximum Gasteiger partial charge on any atom is 0.219 e. The van der Waals surface area contributed by atoms with Crippen molar-refractivity contribution in [3.63, 3.8) is 0 Å². The molecule has 0 amide bonds. The average molecular weight is 229 g/mol. The van der Waals surface area contributed by atoms with E-state index in [1.807, 2.05) is 19.3 Å². The standard InChI is InChI=1S/C13H15N3O/c1-16-9-11(8-14-16)17-13-7-6-10-4-2-3-5-12(10)15-13/h6-9H,2-5H2,1H3. The lowest BCUT2D eigenvalue weighted by atomic mass is 9.96. The molecule has 3 rings (SSSR count). The van der Waals surface area contributed by atoms with Gasteiger partial charge in [0.15, 0.2) is 5.75 Å². The molecule has 0 aliphatic heterocycles. The van der Waals surface area contributed by atoms with E-state index < -0.39 is 0 Å². The highest BCUT2D eigenvalue weighted by atomic mass is 16.5. The predicted molar refractivity (Wildman–Crippen MR) is 64.2 cm³/mol. The van der Waals surface area contributed by atoms with Crippen molar-refractivity contribution >= 4 is 0 Å². The van der Waals surface area contributed by atoms with E-state index in [-0.39, 0.29) is 0 Å². The third-order valence-corrected chi connectivity index (χ3v) is 3.06. The Bertz CT molecular complexity index is 533. The summed E-state index contributed by atoms with van der Waals surface area (Å²) in [6.45, 7) is 0. The third-order valence-electron chi connectivity index (χ3n) is 3.06. The molecule has 2 aromatic rings. The summed E-state index contributed by atoms with van der Waals surface area (Å²) in [6, 6.07) is 4.07. The highest BCUT2D eigenvalue weighted by Crippen LogP contribution is 2.24. The number of rotatable bonds is 2. The Morgan fingerprint density at radius 3 is 2.94 bits per heavy atom. The molecule has 1 aliphatic carbocycles. The highest BCUT2D eigenvalue weighted by Gasteiger charge is 2.11. The summed E-state index contributed by atoms with van der Waals surface area (Å²) in [4.78, 5) is 4.56. The Kier molecular flexibility index (Phi) is 2.55. The SMILES string of the molecule is Cn1cc(Oc2ccc3c(n2)CCCC3)cn1. The van der Waals surface area contributed by atoms with E-state index >= 15 is 0 Å². The topological polar surface area (TPSA) is 39.9 Å². The molecule has 1 aliphatic rings. The number of nitrogens with zero attached hydrogens (tertiary/aromatic N) is 3. The zero-order valence-corrected chi connectivity index (χ0v) is 9.89. The summed E-state index contributed by atoms with van der Waals surface area (Å²) in [6.07, 6.45) is 8.26. The third kappa shape index (κ3) is 2.16. The monoisotopic (exact) mass is 229 g/mol. The average Bonchev–Trinajstić information content (AvgIpc) is 2.75. The number of aromatic nitrogens is 3. The Hall–Kier alpha value is -1.84. The van der Waals surface area contributed by atoms with Crippen LogP contribution in [0.4, 0.5) is 0 Å². The van der Waals surface area contributed by atoms with Crippen molar-refractivity contribution in [1.82, 2.24) is 14.8 Å². The highest BCUT2D eigenvalue weighted by molar-refractivity contribution is 5.30. The lowest BCUT2D eigenvalue weighted by Gasteiger charge is -2.15. The molecule has 4 heteroatoms. The first-order valence-corrected chi connectivity index (χ1v) is 5.96. The fraction of sp³-hybridized carbons (Fsp3) is 0.385. The first-order chi connectivity index (χ1) is 8.31. The smallest absolute Gasteiger partial charge is 0.219 e. The minimum Gasteiger partial charge on any atom is -0.436 e. The number of fused-ring (bicyclic) bond motifs is 1. The van der Waals surface area contributed by atoms with E-state index in [1.165, 1.54) is 24.1 Å². The fourth-order valence-electron chi connectivity index (χ4n) is 2.19. The predicted octanol–water partition coefficient (Wildman–Crippen LogP) is 2.49. The maximum atomic E-state index is 5.67. The van der Waals surface area contributed by atoms with Crippen molar-refractivity contribution in [3.8, 4) is 11.6 Å². The first-order valence-electron chi connectivity index (χ1n) is 5.96. The number of ether oxygens (including phenoxy) is 1. The summed E-state index contributed by atoms with van der Waals surface area (Å²) >= 11 is 0. The van der Waals surface area contributed by atoms with E-state index in [9.17, 15) is 0 Å². The second-order valence-electron chi connectivity index (χ2n) is 4.41. The molecule has 4 nitrogen and oxygen atoms in total. The lowest BCUT2D eigenvalue weighted by Crippen LogP contribution is -2.05. The van der Waals surface area contributed by atoms with Gasteiger partial charge in [0, 0.05) is 18.8 Å². The van der Waals surface area contributed by atoms with Crippen molar-refractivity contribution in [3.05, 3.63) is 35.8 Å². The second-order valence-corrected chi connectivity index (χ2v) is 4.41. The normalized spacial score (nSPS) is 14.4. The quantitative estimate of drug-likeness (QED) is 0.794. The molecule has 0 unspecified atom stereocenters. The van der Waals surface area contributed by atoms with Gasteiger partial charge in [-0.2, -0.15) is 5.10 Å². The van der Waals surface area contributed by atoms with Crippen molar-refractivity contribution in [1.29, 1.82) is 0 Å². The first kappa shape index (κ1) is 10.3. The molecule has 0 atom stereocenters. The minimum absolute atomic E-state index is 0.665. The van der Waals surface area contributed by atoms with Crippen molar-refractivity contribution in [2.75, 3.05) is 0 Å². The van der Waals surface area contributed by atoms with Gasteiger partial charge in [-0.1, -0.05) is 6.07 Å². The fourth-order valence-corrected chi connectivity index (χ4v) is 2.19. The van der Waals surface area contributed by atoms with Gasteiger partial charge in [-0.15, -0.1) is 0 Å². The van der Waals surface area contributed by atoms with Crippen LogP contribution in [0.15, 0.2) is 24.5 Å². The number of hydrogen-bond donors (Lipinski definition) is 0. The molecule has 17 heavy (non-hydrogen) atoms. The van der Waals surface area contributed by atoms with Crippen molar-refractivity contribution < 1.29 is 4.74 Å². The zero-order valence-electron chi connectivity index (χ0n) is 9.89. The summed E-state index contributed by atoms with van der Waals surface area (Å²) < 4.78 is 7.39. The van der Waals surface area contributed by atoms with Gasteiger partial charge in [-0.3, -0.25) is 4.68 Å². The van der Waals surface area contributed by atoms with Gasteiger partial charge in [0.05, 0.1) is 12.4 Å². The van der Waals surface area contributed by atoms with Crippen LogP contribution in [0.5, 0.6) is 11.6 Å². The van der Waals surface area contributed by atoms with Crippen molar-refractivity contribution in [2.45, 2.75) is 25.7 Å². The summed E-state index contributed by atoms with van der Waals surface area (Å²) in [5, 5.41) is 4.06. The van der Waals surface area contributed by atoms with Crippen LogP contribution in [-0.2, 0) is 19.9 Å².